The van der Waals surface area contributed by atoms with E-state index in [2.05, 4.69) is 26.1 Å². The van der Waals surface area contributed by atoms with E-state index >= 15 is 0 Å². The van der Waals surface area contributed by atoms with Crippen LogP contribution >= 0.6 is 0 Å². The van der Waals surface area contributed by atoms with Crippen LogP contribution in [0.15, 0.2) is 30.3 Å². The molecule has 1 aliphatic rings. The van der Waals surface area contributed by atoms with E-state index in [9.17, 15) is 27.6 Å². The number of imide groups is 1. The average Bonchev–Trinajstić information content (AvgIpc) is 3.09. The smallest absolute Gasteiger partial charge is 0.339 e. The lowest BCUT2D eigenvalue weighted by atomic mass is 9.84. The van der Waals surface area contributed by atoms with Gasteiger partial charge in [-0.25, -0.2) is 4.79 Å². The molecule has 1 aromatic heterocycles. The average molecular weight is 464 g/mol. The molecule has 1 unspecified atom stereocenters. The fourth-order valence-electron chi connectivity index (χ4n) is 4.07. The summed E-state index contributed by atoms with van der Waals surface area (Å²) in [5.41, 5.74) is 0.678. The Morgan fingerprint density at radius 3 is 2.15 bits per heavy atom. The fourth-order valence-corrected chi connectivity index (χ4v) is 4.07. The summed E-state index contributed by atoms with van der Waals surface area (Å²) in [5, 5.41) is 2.65. The number of alkyl halides is 3. The van der Waals surface area contributed by atoms with E-state index in [1.54, 1.807) is 19.1 Å². The van der Waals surface area contributed by atoms with Crippen LogP contribution in [0.3, 0.4) is 0 Å². The SMILES string of the molecule is Cc1cc(C(=O)CN2C(=O)NC(C)(c3ccc(C(C)(C)C)cc3)C2=O)c(C)n1CC(F)(F)F. The van der Waals surface area contributed by atoms with Crippen LogP contribution in [0.5, 0.6) is 0 Å². The number of aromatic nitrogens is 1. The second kappa shape index (κ2) is 8.04. The minimum Gasteiger partial charge on any atom is -0.339 e. The zero-order valence-corrected chi connectivity index (χ0v) is 19.6. The number of ketones is 1. The van der Waals surface area contributed by atoms with Gasteiger partial charge >= 0.3 is 12.2 Å². The zero-order chi connectivity index (χ0) is 24.9. The molecule has 3 amide bonds. The summed E-state index contributed by atoms with van der Waals surface area (Å²) in [4.78, 5) is 39.5. The Morgan fingerprint density at radius 2 is 1.64 bits per heavy atom. The summed E-state index contributed by atoms with van der Waals surface area (Å²) in [6.07, 6.45) is -4.44. The normalized spacial score (nSPS) is 19.2. The van der Waals surface area contributed by atoms with Crippen LogP contribution in [-0.4, -0.2) is 39.9 Å². The van der Waals surface area contributed by atoms with Crippen molar-refractivity contribution in [2.24, 2.45) is 0 Å². The number of nitrogens with zero attached hydrogens (tertiary/aromatic N) is 2. The van der Waals surface area contributed by atoms with Crippen molar-refractivity contribution in [1.82, 2.24) is 14.8 Å². The van der Waals surface area contributed by atoms with E-state index < -0.39 is 42.5 Å². The number of aryl methyl sites for hydroxylation is 1. The molecule has 1 fully saturated rings. The van der Waals surface area contributed by atoms with E-state index in [0.717, 1.165) is 15.0 Å². The third-order valence-electron chi connectivity index (χ3n) is 6.12. The first-order chi connectivity index (χ1) is 15.0. The van der Waals surface area contributed by atoms with E-state index in [-0.39, 0.29) is 22.4 Å². The lowest BCUT2D eigenvalue weighted by Crippen LogP contribution is -2.41. The third kappa shape index (κ3) is 4.67. The van der Waals surface area contributed by atoms with Crippen molar-refractivity contribution in [3.63, 3.8) is 0 Å². The van der Waals surface area contributed by atoms with Crippen molar-refractivity contribution in [2.45, 2.75) is 65.2 Å². The monoisotopic (exact) mass is 463 g/mol. The van der Waals surface area contributed by atoms with Crippen LogP contribution < -0.4 is 5.32 Å². The van der Waals surface area contributed by atoms with Gasteiger partial charge < -0.3 is 9.88 Å². The van der Waals surface area contributed by atoms with Gasteiger partial charge in [0, 0.05) is 17.0 Å². The minimum absolute atomic E-state index is 0.0560. The maximum absolute atomic E-state index is 13.2. The van der Waals surface area contributed by atoms with Gasteiger partial charge in [-0.05, 0) is 43.4 Å². The highest BCUT2D eigenvalue weighted by Crippen LogP contribution is 2.31. The van der Waals surface area contributed by atoms with Crippen molar-refractivity contribution in [2.75, 3.05) is 6.54 Å². The molecule has 0 bridgehead atoms. The third-order valence-corrected chi connectivity index (χ3v) is 6.12. The van der Waals surface area contributed by atoms with Crippen molar-refractivity contribution in [3.05, 3.63) is 58.4 Å². The molecule has 2 aromatic rings. The Kier molecular flexibility index (Phi) is 5.98. The van der Waals surface area contributed by atoms with Gasteiger partial charge in [0.2, 0.25) is 0 Å². The molecule has 1 aromatic carbocycles. The number of nitrogens with one attached hydrogen (secondary N) is 1. The molecule has 33 heavy (non-hydrogen) atoms. The van der Waals surface area contributed by atoms with Crippen LogP contribution in [-0.2, 0) is 22.3 Å². The molecule has 2 heterocycles. The Bertz CT molecular complexity index is 1110. The number of benzene rings is 1. The van der Waals surface area contributed by atoms with Crippen molar-refractivity contribution >= 4 is 17.7 Å². The summed E-state index contributed by atoms with van der Waals surface area (Å²) in [6, 6.07) is 7.96. The molecule has 6 nitrogen and oxygen atoms in total. The predicted octanol–water partition coefficient (Wildman–Crippen LogP) is 4.61. The van der Waals surface area contributed by atoms with Gasteiger partial charge in [0.25, 0.3) is 5.91 Å². The maximum atomic E-state index is 13.2. The lowest BCUT2D eigenvalue weighted by Gasteiger charge is -2.24. The van der Waals surface area contributed by atoms with Crippen LogP contribution in [0.4, 0.5) is 18.0 Å². The molecule has 3 rings (SSSR count). The number of Topliss-reactive ketones (excluding diaryl/α,β-unsaturated/α-hetero) is 1. The number of rotatable bonds is 5. The second-order valence-corrected chi connectivity index (χ2v) is 9.68. The summed E-state index contributed by atoms with van der Waals surface area (Å²) >= 11 is 0. The molecule has 1 aliphatic heterocycles. The van der Waals surface area contributed by atoms with Gasteiger partial charge in [-0.3, -0.25) is 14.5 Å². The van der Waals surface area contributed by atoms with E-state index in [0.29, 0.717) is 5.56 Å². The Hall–Kier alpha value is -3.10. The topological polar surface area (TPSA) is 71.4 Å². The number of hydrogen-bond acceptors (Lipinski definition) is 3. The number of amides is 3. The Morgan fingerprint density at radius 1 is 1.06 bits per heavy atom. The minimum atomic E-state index is -4.44. The number of urea groups is 1. The molecule has 1 atom stereocenters. The number of carbonyl (C=O) groups excluding carboxylic acids is 3. The van der Waals surface area contributed by atoms with Crippen LogP contribution in [0.25, 0.3) is 0 Å². The summed E-state index contributed by atoms with van der Waals surface area (Å²) in [5.74, 6) is -1.19. The molecule has 0 saturated carbocycles. The van der Waals surface area contributed by atoms with Gasteiger partial charge in [-0.2, -0.15) is 13.2 Å². The van der Waals surface area contributed by atoms with Gasteiger partial charge in [0.15, 0.2) is 5.78 Å². The number of hydrogen-bond donors (Lipinski definition) is 1. The van der Waals surface area contributed by atoms with Crippen molar-refractivity contribution < 1.29 is 27.6 Å². The number of carbonyl (C=O) groups is 3. The van der Waals surface area contributed by atoms with E-state index in [4.69, 9.17) is 0 Å². The number of halogens is 3. The molecule has 0 aliphatic carbocycles. The van der Waals surface area contributed by atoms with Gasteiger partial charge in [-0.15, -0.1) is 0 Å². The molecule has 1 N–H and O–H groups in total. The molecule has 178 valence electrons. The molecule has 0 radical (unpaired) electrons. The first kappa shape index (κ1) is 24.5. The van der Waals surface area contributed by atoms with Gasteiger partial charge in [0.05, 0.1) is 6.54 Å². The molecule has 9 heteroatoms. The highest BCUT2D eigenvalue weighted by molar-refractivity contribution is 6.11. The molecular weight excluding hydrogens is 435 g/mol. The van der Waals surface area contributed by atoms with Crippen LogP contribution in [0, 0.1) is 13.8 Å². The van der Waals surface area contributed by atoms with Crippen molar-refractivity contribution in [3.8, 4) is 0 Å². The summed E-state index contributed by atoms with van der Waals surface area (Å²) in [7, 11) is 0. The highest BCUT2D eigenvalue weighted by atomic mass is 19.4. The molecule has 1 saturated heterocycles. The maximum Gasteiger partial charge on any atom is 0.406 e. The summed E-state index contributed by atoms with van der Waals surface area (Å²) in [6.45, 7) is 8.86. The van der Waals surface area contributed by atoms with E-state index in [1.165, 1.54) is 19.9 Å². The predicted molar refractivity (Wildman–Crippen MR) is 117 cm³/mol. The van der Waals surface area contributed by atoms with Crippen LogP contribution in [0.1, 0.15) is 60.6 Å². The first-order valence-corrected chi connectivity index (χ1v) is 10.6. The molecule has 0 spiro atoms. The quantitative estimate of drug-likeness (QED) is 0.520. The summed E-state index contributed by atoms with van der Waals surface area (Å²) < 4.78 is 39.6. The van der Waals surface area contributed by atoms with Crippen LogP contribution in [0.2, 0.25) is 0 Å². The first-order valence-electron chi connectivity index (χ1n) is 10.6. The standard InChI is InChI=1S/C24H28F3N3O3/c1-14-11-18(15(2)30(14)13-24(25,26)27)19(31)12-29-20(32)23(6,28-21(29)33)17-9-7-16(8-10-17)22(3,4)5/h7-11H,12-13H2,1-6H3,(H,28,33). The second-order valence-electron chi connectivity index (χ2n) is 9.68. The van der Waals surface area contributed by atoms with Gasteiger partial charge in [-0.1, -0.05) is 45.0 Å². The largest absolute Gasteiger partial charge is 0.406 e. The molecular formula is C24H28F3N3O3. The highest BCUT2D eigenvalue weighted by Gasteiger charge is 2.49. The zero-order valence-electron chi connectivity index (χ0n) is 19.6. The lowest BCUT2D eigenvalue weighted by molar-refractivity contribution is -0.141. The van der Waals surface area contributed by atoms with Crippen molar-refractivity contribution in [1.29, 1.82) is 0 Å². The Labute approximate surface area is 190 Å². The van der Waals surface area contributed by atoms with Gasteiger partial charge in [0.1, 0.15) is 12.1 Å². The fraction of sp³-hybridized carbons (Fsp3) is 0.458. The Balaban J connectivity index is 1.83. The van der Waals surface area contributed by atoms with E-state index in [1.807, 2.05) is 12.1 Å².